The Hall–Kier alpha value is -1.79. The summed E-state index contributed by atoms with van der Waals surface area (Å²) in [5, 5.41) is 2.76. The predicted octanol–water partition coefficient (Wildman–Crippen LogP) is 0.599. The molecule has 1 aromatic rings. The lowest BCUT2D eigenvalue weighted by Gasteiger charge is -2.15. The van der Waals surface area contributed by atoms with Crippen LogP contribution in [0, 0.1) is 0 Å². The second-order valence-corrected chi connectivity index (χ2v) is 5.14. The topological polar surface area (TPSA) is 76.8 Å². The first-order valence-corrected chi connectivity index (χ1v) is 6.91. The molecule has 0 saturated carbocycles. The molecule has 1 amide bonds. The van der Waals surface area contributed by atoms with E-state index in [-0.39, 0.29) is 5.91 Å². The van der Waals surface area contributed by atoms with Gasteiger partial charge in [-0.2, -0.15) is 0 Å². The molecule has 1 rings (SSSR count). The molecule has 0 aromatic heterocycles. The van der Waals surface area contributed by atoms with Gasteiger partial charge in [-0.15, -0.1) is 0 Å². The largest absolute Gasteiger partial charge is 0.493 e. The number of ether oxygens (including phenoxy) is 2. The van der Waals surface area contributed by atoms with E-state index < -0.39 is 6.04 Å². The zero-order chi connectivity index (χ0) is 15.8. The first kappa shape index (κ1) is 17.3. The smallest absolute Gasteiger partial charge is 0.236 e. The van der Waals surface area contributed by atoms with E-state index in [1.807, 2.05) is 37.2 Å². The summed E-state index contributed by atoms with van der Waals surface area (Å²) in [6.45, 7) is 3.48. The van der Waals surface area contributed by atoms with Crippen LogP contribution in [0.25, 0.3) is 0 Å². The lowest BCUT2D eigenvalue weighted by molar-refractivity contribution is -0.122. The monoisotopic (exact) mass is 295 g/mol. The summed E-state index contributed by atoms with van der Waals surface area (Å²) in [5.41, 5.74) is 6.43. The Bertz CT molecular complexity index is 461. The van der Waals surface area contributed by atoms with E-state index in [2.05, 4.69) is 5.32 Å². The fourth-order valence-corrected chi connectivity index (χ4v) is 1.63. The van der Waals surface area contributed by atoms with Crippen LogP contribution in [0.5, 0.6) is 11.5 Å². The fraction of sp³-hybridized carbons (Fsp3) is 0.533. The minimum Gasteiger partial charge on any atom is -0.493 e. The highest BCUT2D eigenvalue weighted by molar-refractivity contribution is 5.80. The highest BCUT2D eigenvalue weighted by Crippen LogP contribution is 2.28. The highest BCUT2D eigenvalue weighted by Gasteiger charge is 2.09. The van der Waals surface area contributed by atoms with Crippen molar-refractivity contribution in [2.45, 2.75) is 19.5 Å². The van der Waals surface area contributed by atoms with Crippen LogP contribution in [-0.4, -0.2) is 51.2 Å². The Kier molecular flexibility index (Phi) is 6.98. The molecule has 0 saturated heterocycles. The van der Waals surface area contributed by atoms with E-state index in [9.17, 15) is 4.79 Å². The summed E-state index contributed by atoms with van der Waals surface area (Å²) < 4.78 is 11.0. The van der Waals surface area contributed by atoms with Crippen molar-refractivity contribution in [2.24, 2.45) is 5.73 Å². The quantitative estimate of drug-likeness (QED) is 0.734. The number of likely N-dealkylation sites (N-methyl/N-ethyl adjacent to an activating group) is 1. The van der Waals surface area contributed by atoms with Gasteiger partial charge in [0.2, 0.25) is 5.91 Å². The Balaban J connectivity index is 2.63. The normalized spacial score (nSPS) is 12.1. The van der Waals surface area contributed by atoms with Crippen LogP contribution in [0.1, 0.15) is 12.5 Å². The number of amides is 1. The van der Waals surface area contributed by atoms with Gasteiger partial charge in [0.25, 0.3) is 0 Å². The maximum absolute atomic E-state index is 11.4. The second kappa shape index (κ2) is 8.49. The van der Waals surface area contributed by atoms with Gasteiger partial charge in [0.05, 0.1) is 13.2 Å². The van der Waals surface area contributed by atoms with Gasteiger partial charge in [-0.1, -0.05) is 6.07 Å². The molecule has 1 aromatic carbocycles. The van der Waals surface area contributed by atoms with Crippen molar-refractivity contribution in [3.8, 4) is 11.5 Å². The number of carbonyl (C=O) groups excluding carboxylic acids is 1. The highest BCUT2D eigenvalue weighted by atomic mass is 16.5. The number of rotatable bonds is 8. The van der Waals surface area contributed by atoms with Crippen molar-refractivity contribution in [2.75, 3.05) is 34.4 Å². The fourth-order valence-electron chi connectivity index (χ4n) is 1.63. The minimum absolute atomic E-state index is 0.180. The molecule has 0 radical (unpaired) electrons. The molecule has 0 spiro atoms. The van der Waals surface area contributed by atoms with E-state index >= 15 is 0 Å². The number of benzene rings is 1. The Morgan fingerprint density at radius 2 is 2.10 bits per heavy atom. The van der Waals surface area contributed by atoms with Crippen LogP contribution in [-0.2, 0) is 11.3 Å². The molecule has 118 valence electrons. The standard InChI is InChI=1S/C15H25N3O3/c1-11(16)15(19)17-10-12-5-6-13(14(9-12)20-4)21-8-7-18(2)3/h5-6,9,11H,7-8,10,16H2,1-4H3,(H,17,19). The first-order chi connectivity index (χ1) is 9.93. The van der Waals surface area contributed by atoms with Gasteiger partial charge in [0.1, 0.15) is 6.61 Å². The Morgan fingerprint density at radius 1 is 1.38 bits per heavy atom. The third-order valence-electron chi connectivity index (χ3n) is 2.90. The van der Waals surface area contributed by atoms with Crippen LogP contribution in [0.2, 0.25) is 0 Å². The van der Waals surface area contributed by atoms with Crippen molar-refractivity contribution < 1.29 is 14.3 Å². The maximum atomic E-state index is 11.4. The van der Waals surface area contributed by atoms with Gasteiger partial charge in [0.15, 0.2) is 11.5 Å². The zero-order valence-corrected chi connectivity index (χ0v) is 13.2. The van der Waals surface area contributed by atoms with Crippen LogP contribution < -0.4 is 20.5 Å². The van der Waals surface area contributed by atoms with Crippen LogP contribution in [0.15, 0.2) is 18.2 Å². The van der Waals surface area contributed by atoms with Gasteiger partial charge < -0.3 is 25.4 Å². The minimum atomic E-state index is -0.513. The number of nitrogens with zero attached hydrogens (tertiary/aromatic N) is 1. The van der Waals surface area contributed by atoms with E-state index in [0.29, 0.717) is 24.7 Å². The van der Waals surface area contributed by atoms with Crippen LogP contribution >= 0.6 is 0 Å². The van der Waals surface area contributed by atoms with Crippen LogP contribution in [0.4, 0.5) is 0 Å². The number of nitrogens with one attached hydrogen (secondary N) is 1. The molecule has 0 aliphatic carbocycles. The summed E-state index contributed by atoms with van der Waals surface area (Å²) in [7, 11) is 5.58. The molecule has 6 heteroatoms. The van der Waals surface area contributed by atoms with Gasteiger partial charge in [0, 0.05) is 13.1 Å². The predicted molar refractivity (Wildman–Crippen MR) is 82.5 cm³/mol. The third-order valence-corrected chi connectivity index (χ3v) is 2.90. The number of nitrogens with two attached hydrogens (primary N) is 1. The summed E-state index contributed by atoms with van der Waals surface area (Å²) >= 11 is 0. The molecule has 21 heavy (non-hydrogen) atoms. The molecule has 0 heterocycles. The first-order valence-electron chi connectivity index (χ1n) is 6.91. The molecule has 0 aliphatic heterocycles. The van der Waals surface area contributed by atoms with E-state index in [1.165, 1.54) is 0 Å². The number of methoxy groups -OCH3 is 1. The zero-order valence-electron chi connectivity index (χ0n) is 13.2. The summed E-state index contributed by atoms with van der Waals surface area (Å²) in [6.07, 6.45) is 0. The van der Waals surface area contributed by atoms with Crippen LogP contribution in [0.3, 0.4) is 0 Å². The molecule has 3 N–H and O–H groups in total. The van der Waals surface area contributed by atoms with Gasteiger partial charge in [-0.25, -0.2) is 0 Å². The maximum Gasteiger partial charge on any atom is 0.236 e. The van der Waals surface area contributed by atoms with Crippen molar-refractivity contribution >= 4 is 5.91 Å². The van der Waals surface area contributed by atoms with Crippen molar-refractivity contribution in [1.29, 1.82) is 0 Å². The Labute approximate surface area is 126 Å². The number of hydrogen-bond acceptors (Lipinski definition) is 5. The lowest BCUT2D eigenvalue weighted by atomic mass is 10.2. The molecular weight excluding hydrogens is 270 g/mol. The molecular formula is C15H25N3O3. The van der Waals surface area contributed by atoms with Crippen molar-refractivity contribution in [1.82, 2.24) is 10.2 Å². The van der Waals surface area contributed by atoms with Gasteiger partial charge in [-0.3, -0.25) is 4.79 Å². The summed E-state index contributed by atoms with van der Waals surface area (Å²) in [4.78, 5) is 13.5. The van der Waals surface area contributed by atoms with Crippen molar-refractivity contribution in [3.05, 3.63) is 23.8 Å². The van der Waals surface area contributed by atoms with Gasteiger partial charge >= 0.3 is 0 Å². The molecule has 0 bridgehead atoms. The van der Waals surface area contributed by atoms with Crippen molar-refractivity contribution in [3.63, 3.8) is 0 Å². The average molecular weight is 295 g/mol. The number of hydrogen-bond donors (Lipinski definition) is 2. The van der Waals surface area contributed by atoms with E-state index in [4.69, 9.17) is 15.2 Å². The molecule has 1 atom stereocenters. The number of carbonyl (C=O) groups is 1. The van der Waals surface area contributed by atoms with E-state index in [1.54, 1.807) is 14.0 Å². The second-order valence-electron chi connectivity index (χ2n) is 5.14. The SMILES string of the molecule is COc1cc(CNC(=O)C(C)N)ccc1OCCN(C)C. The lowest BCUT2D eigenvalue weighted by Crippen LogP contribution is -2.37. The summed E-state index contributed by atoms with van der Waals surface area (Å²) in [6, 6.07) is 5.09. The summed E-state index contributed by atoms with van der Waals surface area (Å²) in [5.74, 6) is 1.17. The molecule has 1 unspecified atom stereocenters. The van der Waals surface area contributed by atoms with Gasteiger partial charge in [-0.05, 0) is 38.7 Å². The molecule has 0 aliphatic rings. The molecule has 0 fully saturated rings. The Morgan fingerprint density at radius 3 is 2.67 bits per heavy atom. The van der Waals surface area contributed by atoms with E-state index in [0.717, 1.165) is 12.1 Å². The average Bonchev–Trinajstić information content (AvgIpc) is 2.44. The third kappa shape index (κ3) is 6.01. The molecule has 6 nitrogen and oxygen atoms in total.